The van der Waals surface area contributed by atoms with Gasteiger partial charge in [0.15, 0.2) is 5.60 Å². The number of aromatic nitrogens is 3. The Bertz CT molecular complexity index is 818. The van der Waals surface area contributed by atoms with Crippen LogP contribution in [-0.2, 0) is 15.1 Å². The molecule has 0 aliphatic carbocycles. The van der Waals surface area contributed by atoms with Crippen molar-refractivity contribution in [1.29, 1.82) is 0 Å². The van der Waals surface area contributed by atoms with E-state index in [0.29, 0.717) is 18.9 Å². The lowest BCUT2D eigenvalue weighted by Crippen LogP contribution is -2.50. The van der Waals surface area contributed by atoms with E-state index in [2.05, 4.69) is 15.2 Å². The molecule has 134 valence electrons. The van der Waals surface area contributed by atoms with Crippen molar-refractivity contribution in [3.8, 4) is 0 Å². The summed E-state index contributed by atoms with van der Waals surface area (Å²) in [6, 6.07) is 6.12. The average molecular weight is 348 g/mol. The van der Waals surface area contributed by atoms with Crippen LogP contribution in [0.2, 0.25) is 0 Å². The van der Waals surface area contributed by atoms with Crippen molar-refractivity contribution in [2.45, 2.75) is 31.3 Å². The van der Waals surface area contributed by atoms with E-state index in [9.17, 15) is 14.0 Å². The predicted octanol–water partition coefficient (Wildman–Crippen LogP) is 1.50. The molecule has 1 aromatic heterocycles. The fourth-order valence-corrected chi connectivity index (χ4v) is 3.32. The fraction of sp³-hybridized carbons (Fsp3) is 0.471. The fourth-order valence-electron chi connectivity index (χ4n) is 3.32. The number of nitrogens with zero attached hydrogens (tertiary/aromatic N) is 2. The first kappa shape index (κ1) is 17.3. The summed E-state index contributed by atoms with van der Waals surface area (Å²) in [5.41, 5.74) is -1.57. The maximum atomic E-state index is 14.2. The standard InChI is InChI=1S/C17H21FN4O3/c1-17(25-2,12-7-3-4-8-13(12)18)15(23)22-9-5-6-11(10-22)14-19-16(24)21-20-14/h3-4,7-8,11H,5-6,9-10H2,1-2H3,(H2,19,20,21,24)/t11-,17+/m1/s1. The topological polar surface area (TPSA) is 91.1 Å². The van der Waals surface area contributed by atoms with Crippen LogP contribution in [0.25, 0.3) is 0 Å². The van der Waals surface area contributed by atoms with Crippen molar-refractivity contribution in [2.24, 2.45) is 0 Å². The first-order valence-electron chi connectivity index (χ1n) is 8.20. The highest BCUT2D eigenvalue weighted by atomic mass is 19.1. The average Bonchev–Trinajstić information content (AvgIpc) is 3.07. The smallest absolute Gasteiger partial charge is 0.340 e. The SMILES string of the molecule is CO[C@](C)(C(=O)N1CCC[C@@H](c2n[nH]c(=O)[nH]2)C1)c1ccccc1F. The predicted molar refractivity (Wildman–Crippen MR) is 88.5 cm³/mol. The second kappa shape index (κ2) is 6.79. The zero-order valence-corrected chi connectivity index (χ0v) is 14.2. The van der Waals surface area contributed by atoms with Gasteiger partial charge in [-0.15, -0.1) is 0 Å². The number of hydrogen-bond donors (Lipinski definition) is 2. The van der Waals surface area contributed by atoms with Crippen LogP contribution in [0.5, 0.6) is 0 Å². The zero-order valence-electron chi connectivity index (χ0n) is 14.2. The maximum Gasteiger partial charge on any atom is 0.340 e. The first-order chi connectivity index (χ1) is 12.0. The third-order valence-corrected chi connectivity index (χ3v) is 4.82. The molecule has 3 rings (SSSR count). The highest BCUT2D eigenvalue weighted by Crippen LogP contribution is 2.32. The van der Waals surface area contributed by atoms with Crippen molar-refractivity contribution in [3.63, 3.8) is 0 Å². The Hall–Kier alpha value is -2.48. The highest BCUT2D eigenvalue weighted by Gasteiger charge is 2.42. The molecule has 0 radical (unpaired) electrons. The molecule has 0 spiro atoms. The van der Waals surface area contributed by atoms with Crippen LogP contribution in [0.1, 0.15) is 37.1 Å². The van der Waals surface area contributed by atoms with Gasteiger partial charge in [0, 0.05) is 31.7 Å². The number of halogens is 1. The molecule has 8 heteroatoms. The van der Waals surface area contributed by atoms with Crippen molar-refractivity contribution in [3.05, 3.63) is 52.0 Å². The highest BCUT2D eigenvalue weighted by molar-refractivity contribution is 5.86. The largest absolute Gasteiger partial charge is 0.364 e. The van der Waals surface area contributed by atoms with Crippen LogP contribution >= 0.6 is 0 Å². The van der Waals surface area contributed by atoms with Crippen LogP contribution in [0.3, 0.4) is 0 Å². The van der Waals surface area contributed by atoms with Gasteiger partial charge >= 0.3 is 5.69 Å². The molecular formula is C17H21FN4O3. The molecule has 2 atom stereocenters. The van der Waals surface area contributed by atoms with E-state index < -0.39 is 11.4 Å². The monoisotopic (exact) mass is 348 g/mol. The van der Waals surface area contributed by atoms with E-state index in [4.69, 9.17) is 4.74 Å². The van der Waals surface area contributed by atoms with Gasteiger partial charge in [-0.2, -0.15) is 5.10 Å². The molecule has 1 aliphatic rings. The quantitative estimate of drug-likeness (QED) is 0.876. The van der Waals surface area contributed by atoms with Gasteiger partial charge in [0.05, 0.1) is 0 Å². The molecule has 2 N–H and O–H groups in total. The summed E-state index contributed by atoms with van der Waals surface area (Å²) in [7, 11) is 1.40. The van der Waals surface area contributed by atoms with E-state index >= 15 is 0 Å². The lowest BCUT2D eigenvalue weighted by molar-refractivity contribution is -0.156. The number of methoxy groups -OCH3 is 1. The van der Waals surface area contributed by atoms with E-state index in [1.807, 2.05) is 0 Å². The van der Waals surface area contributed by atoms with Gasteiger partial charge in [-0.3, -0.25) is 9.78 Å². The molecule has 1 saturated heterocycles. The number of aromatic amines is 2. The summed E-state index contributed by atoms with van der Waals surface area (Å²) in [6.45, 7) is 2.53. The number of H-pyrrole nitrogens is 2. The van der Waals surface area contributed by atoms with Crippen molar-refractivity contribution in [1.82, 2.24) is 20.1 Å². The van der Waals surface area contributed by atoms with E-state index in [1.54, 1.807) is 30.0 Å². The molecule has 0 unspecified atom stereocenters. The Morgan fingerprint density at radius 1 is 1.44 bits per heavy atom. The number of carbonyl (C=O) groups is 1. The van der Waals surface area contributed by atoms with Gasteiger partial charge in [0.2, 0.25) is 0 Å². The molecular weight excluding hydrogens is 327 g/mol. The first-order valence-corrected chi connectivity index (χ1v) is 8.20. The Kier molecular flexibility index (Phi) is 4.71. The molecule has 0 saturated carbocycles. The van der Waals surface area contributed by atoms with Gasteiger partial charge in [0.1, 0.15) is 11.6 Å². The Balaban J connectivity index is 1.85. The number of piperidine rings is 1. The number of ether oxygens (including phenoxy) is 1. The second-order valence-corrected chi connectivity index (χ2v) is 6.37. The molecule has 1 aromatic carbocycles. The number of hydrogen-bond acceptors (Lipinski definition) is 4. The van der Waals surface area contributed by atoms with Crippen LogP contribution in [0.15, 0.2) is 29.1 Å². The Morgan fingerprint density at radius 2 is 2.20 bits per heavy atom. The molecule has 7 nitrogen and oxygen atoms in total. The van der Waals surface area contributed by atoms with Crippen LogP contribution in [-0.4, -0.2) is 46.2 Å². The Morgan fingerprint density at radius 3 is 2.84 bits per heavy atom. The molecule has 1 amide bonds. The Labute approximate surface area is 144 Å². The minimum atomic E-state index is -1.41. The van der Waals surface area contributed by atoms with Crippen LogP contribution in [0, 0.1) is 5.82 Å². The maximum absolute atomic E-state index is 14.2. The number of amides is 1. The minimum absolute atomic E-state index is 0.0709. The number of likely N-dealkylation sites (tertiary alicyclic amines) is 1. The van der Waals surface area contributed by atoms with E-state index in [1.165, 1.54) is 13.2 Å². The number of benzene rings is 1. The van der Waals surface area contributed by atoms with Crippen molar-refractivity contribution in [2.75, 3.05) is 20.2 Å². The normalized spacial score (nSPS) is 20.3. The molecule has 2 aromatic rings. The van der Waals surface area contributed by atoms with Crippen molar-refractivity contribution >= 4 is 5.91 Å². The zero-order chi connectivity index (χ0) is 18.0. The van der Waals surface area contributed by atoms with Gasteiger partial charge in [0.25, 0.3) is 5.91 Å². The lowest BCUT2D eigenvalue weighted by Gasteiger charge is -2.38. The van der Waals surface area contributed by atoms with E-state index in [0.717, 1.165) is 12.8 Å². The summed E-state index contributed by atoms with van der Waals surface area (Å²) < 4.78 is 19.7. The molecule has 1 fully saturated rings. The molecule has 2 heterocycles. The number of nitrogens with one attached hydrogen (secondary N) is 2. The summed E-state index contributed by atoms with van der Waals surface area (Å²) in [6.07, 6.45) is 1.58. The number of carbonyl (C=O) groups excluding carboxylic acids is 1. The summed E-state index contributed by atoms with van der Waals surface area (Å²) >= 11 is 0. The van der Waals surface area contributed by atoms with E-state index in [-0.39, 0.29) is 23.1 Å². The summed E-state index contributed by atoms with van der Waals surface area (Å²) in [5.74, 6) is -0.320. The van der Waals surface area contributed by atoms with Gasteiger partial charge in [-0.05, 0) is 25.8 Å². The third-order valence-electron chi connectivity index (χ3n) is 4.82. The molecule has 1 aliphatic heterocycles. The van der Waals surface area contributed by atoms with Crippen molar-refractivity contribution < 1.29 is 13.9 Å². The van der Waals surface area contributed by atoms with Gasteiger partial charge < -0.3 is 9.64 Å². The van der Waals surface area contributed by atoms with Gasteiger partial charge in [-0.25, -0.2) is 14.3 Å². The van der Waals surface area contributed by atoms with Gasteiger partial charge in [-0.1, -0.05) is 18.2 Å². The summed E-state index contributed by atoms with van der Waals surface area (Å²) in [4.78, 5) is 28.7. The third kappa shape index (κ3) is 3.21. The molecule has 0 bridgehead atoms. The lowest BCUT2D eigenvalue weighted by atomic mass is 9.90. The summed E-state index contributed by atoms with van der Waals surface area (Å²) in [5, 5.41) is 6.31. The second-order valence-electron chi connectivity index (χ2n) is 6.37. The van der Waals surface area contributed by atoms with Crippen LogP contribution in [0.4, 0.5) is 4.39 Å². The van der Waals surface area contributed by atoms with Crippen LogP contribution < -0.4 is 5.69 Å². The minimum Gasteiger partial charge on any atom is -0.364 e. The number of rotatable bonds is 4. The molecule has 25 heavy (non-hydrogen) atoms.